The summed E-state index contributed by atoms with van der Waals surface area (Å²) in [5.41, 5.74) is 3.80. The molecule has 0 spiro atoms. The molecule has 1 aromatic rings. The predicted molar refractivity (Wildman–Crippen MR) is 66.4 cm³/mol. The Labute approximate surface area is 97.3 Å². The van der Waals surface area contributed by atoms with Crippen LogP contribution in [-0.4, -0.2) is 6.54 Å². The lowest BCUT2D eigenvalue weighted by atomic mass is 9.96. The zero-order valence-electron chi connectivity index (χ0n) is 10.0. The molecule has 2 heteroatoms. The Hall–Kier alpha value is -1.49. The summed E-state index contributed by atoms with van der Waals surface area (Å²) in [7, 11) is 0. The van der Waals surface area contributed by atoms with E-state index in [4.69, 9.17) is 5.26 Å². The summed E-state index contributed by atoms with van der Waals surface area (Å²) in [6.07, 6.45) is 3.70. The molecule has 2 rings (SSSR count). The van der Waals surface area contributed by atoms with Crippen LogP contribution in [0.4, 0.5) is 5.69 Å². The molecule has 84 valence electrons. The van der Waals surface area contributed by atoms with Crippen LogP contribution in [0.3, 0.4) is 0 Å². The smallest absolute Gasteiger partial charge is 0.0702 e. The lowest BCUT2D eigenvalue weighted by Crippen LogP contribution is -2.20. The van der Waals surface area contributed by atoms with Gasteiger partial charge in [-0.1, -0.05) is 6.07 Å². The van der Waals surface area contributed by atoms with Gasteiger partial charge in [0, 0.05) is 12.2 Å². The zero-order valence-corrected chi connectivity index (χ0v) is 10.0. The number of fused-ring (bicyclic) bond motifs is 1. The van der Waals surface area contributed by atoms with Gasteiger partial charge in [0.1, 0.15) is 0 Å². The first-order valence-electron chi connectivity index (χ1n) is 5.88. The fraction of sp³-hybridized carbons (Fsp3) is 0.500. The van der Waals surface area contributed by atoms with Crippen LogP contribution in [0.1, 0.15) is 31.4 Å². The number of hydrogen-bond donors (Lipinski definition) is 1. The lowest BCUT2D eigenvalue weighted by molar-refractivity contribution is 0.529. The van der Waals surface area contributed by atoms with E-state index in [-0.39, 0.29) is 5.41 Å². The van der Waals surface area contributed by atoms with Gasteiger partial charge in [0.2, 0.25) is 0 Å². The highest BCUT2D eigenvalue weighted by molar-refractivity contribution is 5.50. The molecule has 1 aliphatic rings. The van der Waals surface area contributed by atoms with Gasteiger partial charge in [0.05, 0.1) is 11.5 Å². The molecule has 1 N–H and O–H groups in total. The standard InChI is InChI=1S/C14H18N2/c1-14(2,9-15)10-16-13-7-6-11-4-3-5-12(11)8-13/h6-8,16H,3-5,10H2,1-2H3. The zero-order chi connectivity index (χ0) is 11.6. The Morgan fingerprint density at radius 1 is 1.31 bits per heavy atom. The van der Waals surface area contributed by atoms with E-state index in [1.54, 1.807) is 0 Å². The largest absolute Gasteiger partial charge is 0.383 e. The van der Waals surface area contributed by atoms with E-state index in [1.165, 1.54) is 30.4 Å². The maximum Gasteiger partial charge on any atom is 0.0702 e. The molecule has 0 aromatic heterocycles. The number of aryl methyl sites for hydroxylation is 2. The van der Waals surface area contributed by atoms with Gasteiger partial charge in [-0.2, -0.15) is 5.26 Å². The van der Waals surface area contributed by atoms with Gasteiger partial charge in [-0.05, 0) is 56.4 Å². The second-order valence-electron chi connectivity index (χ2n) is 5.19. The highest BCUT2D eigenvalue weighted by atomic mass is 14.9. The highest BCUT2D eigenvalue weighted by Crippen LogP contribution is 2.25. The Balaban J connectivity index is 2.04. The van der Waals surface area contributed by atoms with E-state index in [1.807, 2.05) is 13.8 Å². The van der Waals surface area contributed by atoms with Crippen LogP contribution in [0.2, 0.25) is 0 Å². The average molecular weight is 214 g/mol. The Morgan fingerprint density at radius 3 is 2.81 bits per heavy atom. The SMILES string of the molecule is CC(C)(C#N)CNc1ccc2c(c1)CCC2. The molecule has 0 saturated carbocycles. The molecule has 2 nitrogen and oxygen atoms in total. The second-order valence-corrected chi connectivity index (χ2v) is 5.19. The molecule has 16 heavy (non-hydrogen) atoms. The number of nitrogens with zero attached hydrogens (tertiary/aromatic N) is 1. The minimum atomic E-state index is -0.307. The van der Waals surface area contributed by atoms with Crippen LogP contribution in [0.25, 0.3) is 0 Å². The van der Waals surface area contributed by atoms with E-state index in [0.717, 1.165) is 5.69 Å². The van der Waals surface area contributed by atoms with Crippen molar-refractivity contribution in [3.63, 3.8) is 0 Å². The quantitative estimate of drug-likeness (QED) is 0.839. The van der Waals surface area contributed by atoms with Crippen LogP contribution in [-0.2, 0) is 12.8 Å². The molecule has 0 amide bonds. The van der Waals surface area contributed by atoms with Crippen LogP contribution in [0.5, 0.6) is 0 Å². The van der Waals surface area contributed by atoms with E-state index >= 15 is 0 Å². The van der Waals surface area contributed by atoms with Crippen molar-refractivity contribution in [1.29, 1.82) is 5.26 Å². The summed E-state index contributed by atoms with van der Waals surface area (Å²) in [6, 6.07) is 8.87. The fourth-order valence-corrected chi connectivity index (χ4v) is 2.04. The summed E-state index contributed by atoms with van der Waals surface area (Å²) in [4.78, 5) is 0. The maximum atomic E-state index is 8.94. The topological polar surface area (TPSA) is 35.8 Å². The molecule has 0 bridgehead atoms. The van der Waals surface area contributed by atoms with Crippen molar-refractivity contribution < 1.29 is 0 Å². The predicted octanol–water partition coefficient (Wildman–Crippen LogP) is 3.14. The van der Waals surface area contributed by atoms with Crippen LogP contribution >= 0.6 is 0 Å². The number of anilines is 1. The molecule has 1 aliphatic carbocycles. The summed E-state index contributed by atoms with van der Waals surface area (Å²) in [5, 5.41) is 12.3. The molecule has 0 aliphatic heterocycles. The first kappa shape index (κ1) is 11.0. The number of nitriles is 1. The third-order valence-corrected chi connectivity index (χ3v) is 3.14. The normalized spacial score (nSPS) is 14.3. The highest BCUT2D eigenvalue weighted by Gasteiger charge is 2.16. The van der Waals surface area contributed by atoms with E-state index < -0.39 is 0 Å². The van der Waals surface area contributed by atoms with Crippen LogP contribution in [0.15, 0.2) is 18.2 Å². The summed E-state index contributed by atoms with van der Waals surface area (Å²) < 4.78 is 0. The van der Waals surface area contributed by atoms with E-state index in [9.17, 15) is 0 Å². The van der Waals surface area contributed by atoms with Gasteiger partial charge < -0.3 is 5.32 Å². The van der Waals surface area contributed by atoms with Crippen molar-refractivity contribution in [1.82, 2.24) is 0 Å². The van der Waals surface area contributed by atoms with Gasteiger partial charge in [-0.15, -0.1) is 0 Å². The minimum Gasteiger partial charge on any atom is -0.383 e. The molecule has 0 heterocycles. The fourth-order valence-electron chi connectivity index (χ4n) is 2.04. The Bertz CT molecular complexity index is 427. The third kappa shape index (κ3) is 2.36. The van der Waals surface area contributed by atoms with Gasteiger partial charge in [0.15, 0.2) is 0 Å². The van der Waals surface area contributed by atoms with Crippen molar-refractivity contribution in [3.8, 4) is 6.07 Å². The number of nitrogens with one attached hydrogen (secondary N) is 1. The molecule has 0 atom stereocenters. The summed E-state index contributed by atoms with van der Waals surface area (Å²) in [6.45, 7) is 4.60. The average Bonchev–Trinajstić information content (AvgIpc) is 2.73. The van der Waals surface area contributed by atoms with Crippen LogP contribution < -0.4 is 5.32 Å². The lowest BCUT2D eigenvalue weighted by Gasteiger charge is -2.17. The number of benzene rings is 1. The molecular weight excluding hydrogens is 196 g/mol. The van der Waals surface area contributed by atoms with E-state index in [0.29, 0.717) is 6.54 Å². The van der Waals surface area contributed by atoms with Crippen molar-refractivity contribution in [2.75, 3.05) is 11.9 Å². The summed E-state index contributed by atoms with van der Waals surface area (Å²) in [5.74, 6) is 0. The van der Waals surface area contributed by atoms with Crippen molar-refractivity contribution in [2.24, 2.45) is 5.41 Å². The third-order valence-electron chi connectivity index (χ3n) is 3.14. The molecule has 0 saturated heterocycles. The Morgan fingerprint density at radius 2 is 2.06 bits per heavy atom. The Kier molecular flexibility index (Phi) is 2.87. The van der Waals surface area contributed by atoms with Gasteiger partial charge in [-0.3, -0.25) is 0 Å². The van der Waals surface area contributed by atoms with E-state index in [2.05, 4.69) is 29.6 Å². The molecule has 0 fully saturated rings. The van der Waals surface area contributed by atoms with Gasteiger partial charge in [-0.25, -0.2) is 0 Å². The first-order valence-corrected chi connectivity index (χ1v) is 5.88. The number of hydrogen-bond acceptors (Lipinski definition) is 2. The monoisotopic (exact) mass is 214 g/mol. The summed E-state index contributed by atoms with van der Waals surface area (Å²) >= 11 is 0. The molecule has 0 radical (unpaired) electrons. The molecule has 1 aromatic carbocycles. The maximum absolute atomic E-state index is 8.94. The van der Waals surface area contributed by atoms with Gasteiger partial charge in [0.25, 0.3) is 0 Å². The van der Waals surface area contributed by atoms with Crippen LogP contribution in [0, 0.1) is 16.7 Å². The van der Waals surface area contributed by atoms with Gasteiger partial charge >= 0.3 is 0 Å². The second kappa shape index (κ2) is 4.17. The van der Waals surface area contributed by atoms with Crippen molar-refractivity contribution >= 4 is 5.69 Å². The van der Waals surface area contributed by atoms with Crippen molar-refractivity contribution in [2.45, 2.75) is 33.1 Å². The molecular formula is C14H18N2. The first-order chi connectivity index (χ1) is 7.61. The number of rotatable bonds is 3. The van der Waals surface area contributed by atoms with Crippen molar-refractivity contribution in [3.05, 3.63) is 29.3 Å². The minimum absolute atomic E-state index is 0.307. The molecule has 0 unspecified atom stereocenters.